The molecule has 0 spiro atoms. The van der Waals surface area contributed by atoms with Gasteiger partial charge < -0.3 is 5.32 Å². The Morgan fingerprint density at radius 1 is 1.04 bits per heavy atom. The maximum atomic E-state index is 3.48. The van der Waals surface area contributed by atoms with Crippen LogP contribution in [0.2, 0.25) is 0 Å². The van der Waals surface area contributed by atoms with Gasteiger partial charge in [-0.05, 0) is 56.5 Å². The Labute approximate surface area is 147 Å². The van der Waals surface area contributed by atoms with Crippen LogP contribution in [0.3, 0.4) is 0 Å². The number of aryl methyl sites for hydroxylation is 1. The van der Waals surface area contributed by atoms with Gasteiger partial charge in [-0.15, -0.1) is 0 Å². The summed E-state index contributed by atoms with van der Waals surface area (Å²) in [5.74, 6) is 0. The van der Waals surface area contributed by atoms with E-state index < -0.39 is 0 Å². The molecule has 0 saturated carbocycles. The number of benzene rings is 2. The summed E-state index contributed by atoms with van der Waals surface area (Å²) in [5, 5.41) is 3.48. The predicted octanol–water partition coefficient (Wildman–Crippen LogP) is 5.79. The van der Waals surface area contributed by atoms with Gasteiger partial charge in [0, 0.05) is 24.8 Å². The van der Waals surface area contributed by atoms with Gasteiger partial charge in [-0.1, -0.05) is 55.8 Å². The smallest absolute Gasteiger partial charge is 0.0373 e. The topological polar surface area (TPSA) is 15.3 Å². The number of hydrogen-bond acceptors (Lipinski definition) is 2. The summed E-state index contributed by atoms with van der Waals surface area (Å²) in [7, 11) is 0. The first-order chi connectivity index (χ1) is 11.7. The molecule has 2 aromatic carbocycles. The summed E-state index contributed by atoms with van der Waals surface area (Å²) in [6.07, 6.45) is 2.47. The van der Waals surface area contributed by atoms with Crippen molar-refractivity contribution >= 4 is 5.69 Å². The van der Waals surface area contributed by atoms with Gasteiger partial charge in [0.15, 0.2) is 0 Å². The summed E-state index contributed by atoms with van der Waals surface area (Å²) in [6.45, 7) is 12.0. The summed E-state index contributed by atoms with van der Waals surface area (Å²) in [4.78, 5) is 2.60. The Hall–Kier alpha value is -1.80. The van der Waals surface area contributed by atoms with Gasteiger partial charge in [-0.2, -0.15) is 0 Å². The Kier molecular flexibility index (Phi) is 7.33. The van der Waals surface area contributed by atoms with Crippen LogP contribution in [0.15, 0.2) is 48.5 Å². The lowest BCUT2D eigenvalue weighted by atomic mass is 10.0. The van der Waals surface area contributed by atoms with Crippen LogP contribution in [0.5, 0.6) is 0 Å². The molecule has 2 aromatic rings. The quantitative estimate of drug-likeness (QED) is 0.628. The number of nitrogens with one attached hydrogen (secondary N) is 1. The van der Waals surface area contributed by atoms with Crippen molar-refractivity contribution in [3.05, 3.63) is 65.2 Å². The molecular formula is C22H32N2. The van der Waals surface area contributed by atoms with Gasteiger partial charge >= 0.3 is 0 Å². The molecule has 0 heterocycles. The van der Waals surface area contributed by atoms with Crippen LogP contribution in [0.4, 0.5) is 5.69 Å². The molecule has 0 bridgehead atoms. The molecule has 24 heavy (non-hydrogen) atoms. The van der Waals surface area contributed by atoms with Gasteiger partial charge in [0.05, 0.1) is 0 Å². The van der Waals surface area contributed by atoms with Crippen molar-refractivity contribution in [2.24, 2.45) is 0 Å². The second-order valence-corrected chi connectivity index (χ2v) is 6.59. The minimum absolute atomic E-state index is 0.412. The third kappa shape index (κ3) is 5.10. The van der Waals surface area contributed by atoms with Gasteiger partial charge in [0.2, 0.25) is 0 Å². The minimum atomic E-state index is 0.412. The molecular weight excluding hydrogens is 292 g/mol. The number of rotatable bonds is 9. The Morgan fingerprint density at radius 2 is 1.79 bits per heavy atom. The van der Waals surface area contributed by atoms with Crippen molar-refractivity contribution in [3.8, 4) is 0 Å². The predicted molar refractivity (Wildman–Crippen MR) is 106 cm³/mol. The van der Waals surface area contributed by atoms with Crippen molar-refractivity contribution in [2.45, 2.75) is 53.1 Å². The van der Waals surface area contributed by atoms with E-state index in [1.165, 1.54) is 35.2 Å². The van der Waals surface area contributed by atoms with Crippen LogP contribution < -0.4 is 5.32 Å². The van der Waals surface area contributed by atoms with Crippen molar-refractivity contribution in [1.29, 1.82) is 0 Å². The van der Waals surface area contributed by atoms with Crippen LogP contribution >= 0.6 is 0 Å². The fourth-order valence-corrected chi connectivity index (χ4v) is 3.08. The zero-order valence-corrected chi connectivity index (χ0v) is 15.7. The second kappa shape index (κ2) is 9.48. The highest BCUT2D eigenvalue weighted by Gasteiger charge is 2.16. The Balaban J connectivity index is 2.20. The van der Waals surface area contributed by atoms with E-state index in [4.69, 9.17) is 0 Å². The highest BCUT2D eigenvalue weighted by Crippen LogP contribution is 2.27. The number of unbranched alkanes of at least 4 members (excludes halogenated alkanes) is 1. The third-order valence-corrected chi connectivity index (χ3v) is 4.69. The van der Waals surface area contributed by atoms with E-state index in [2.05, 4.69) is 86.4 Å². The van der Waals surface area contributed by atoms with E-state index in [1.54, 1.807) is 0 Å². The molecule has 1 N–H and O–H groups in total. The van der Waals surface area contributed by atoms with E-state index in [0.717, 1.165) is 19.6 Å². The average Bonchev–Trinajstić information content (AvgIpc) is 2.61. The average molecular weight is 325 g/mol. The lowest BCUT2D eigenvalue weighted by molar-refractivity contribution is 0.198. The van der Waals surface area contributed by atoms with E-state index in [0.29, 0.717) is 6.04 Å². The van der Waals surface area contributed by atoms with Gasteiger partial charge in [0.25, 0.3) is 0 Å². The van der Waals surface area contributed by atoms with Crippen molar-refractivity contribution in [2.75, 3.05) is 18.4 Å². The van der Waals surface area contributed by atoms with Crippen LogP contribution in [0, 0.1) is 6.92 Å². The van der Waals surface area contributed by atoms with E-state index >= 15 is 0 Å². The molecule has 2 heteroatoms. The van der Waals surface area contributed by atoms with E-state index in [9.17, 15) is 0 Å². The third-order valence-electron chi connectivity index (χ3n) is 4.69. The summed E-state index contributed by atoms with van der Waals surface area (Å²) >= 11 is 0. The number of nitrogens with zero attached hydrogens (tertiary/aromatic N) is 1. The van der Waals surface area contributed by atoms with Gasteiger partial charge in [0.1, 0.15) is 0 Å². The molecule has 1 atom stereocenters. The zero-order chi connectivity index (χ0) is 17.4. The summed E-state index contributed by atoms with van der Waals surface area (Å²) in [6, 6.07) is 18.1. The lowest BCUT2D eigenvalue weighted by Crippen LogP contribution is -2.28. The molecule has 0 amide bonds. The first-order valence-electron chi connectivity index (χ1n) is 9.28. The molecule has 0 fully saturated rings. The van der Waals surface area contributed by atoms with Crippen LogP contribution in [-0.2, 0) is 6.54 Å². The lowest BCUT2D eigenvalue weighted by Gasteiger charge is -2.30. The summed E-state index contributed by atoms with van der Waals surface area (Å²) in [5.41, 5.74) is 5.36. The van der Waals surface area contributed by atoms with Crippen LogP contribution in [0.25, 0.3) is 0 Å². The van der Waals surface area contributed by atoms with Crippen molar-refractivity contribution < 1.29 is 0 Å². The minimum Gasteiger partial charge on any atom is -0.385 e. The zero-order valence-electron chi connectivity index (χ0n) is 15.7. The molecule has 2 rings (SSSR count). The van der Waals surface area contributed by atoms with Gasteiger partial charge in [-0.3, -0.25) is 4.90 Å². The highest BCUT2D eigenvalue weighted by atomic mass is 15.1. The first kappa shape index (κ1) is 18.5. The summed E-state index contributed by atoms with van der Waals surface area (Å²) < 4.78 is 0. The molecule has 0 saturated heterocycles. The van der Waals surface area contributed by atoms with Gasteiger partial charge in [-0.25, -0.2) is 0 Å². The monoisotopic (exact) mass is 324 g/mol. The maximum absolute atomic E-state index is 3.48. The molecule has 0 aliphatic rings. The molecule has 0 radical (unpaired) electrons. The molecule has 0 aliphatic carbocycles. The molecule has 2 nitrogen and oxygen atoms in total. The van der Waals surface area contributed by atoms with Crippen LogP contribution in [-0.4, -0.2) is 18.0 Å². The molecule has 130 valence electrons. The second-order valence-electron chi connectivity index (χ2n) is 6.59. The maximum Gasteiger partial charge on any atom is 0.0373 e. The van der Waals surface area contributed by atoms with Crippen molar-refractivity contribution in [1.82, 2.24) is 4.90 Å². The first-order valence-corrected chi connectivity index (χ1v) is 9.28. The van der Waals surface area contributed by atoms with E-state index in [-0.39, 0.29) is 0 Å². The SMILES string of the molecule is CCCCN(Cc1ccccc1)C(C)c1ccc(C)c(NCC)c1. The fourth-order valence-electron chi connectivity index (χ4n) is 3.08. The Morgan fingerprint density at radius 3 is 2.46 bits per heavy atom. The molecule has 1 unspecified atom stereocenters. The largest absolute Gasteiger partial charge is 0.385 e. The standard InChI is InChI=1S/C22H32N2/c1-5-7-15-24(17-20-11-9-8-10-12-20)19(4)21-14-13-18(3)22(16-21)23-6-2/h8-14,16,19,23H,5-7,15,17H2,1-4H3. The van der Waals surface area contributed by atoms with E-state index in [1.807, 2.05) is 0 Å². The Bertz CT molecular complexity index is 607. The van der Waals surface area contributed by atoms with Crippen molar-refractivity contribution in [3.63, 3.8) is 0 Å². The molecule has 0 aliphatic heterocycles. The fraction of sp³-hybridized carbons (Fsp3) is 0.455. The number of anilines is 1. The molecule has 0 aromatic heterocycles. The number of hydrogen-bond donors (Lipinski definition) is 1. The highest BCUT2D eigenvalue weighted by molar-refractivity contribution is 5.53. The van der Waals surface area contributed by atoms with Crippen LogP contribution in [0.1, 0.15) is 56.3 Å². The normalized spacial score (nSPS) is 12.4.